The Kier molecular flexibility index (Phi) is 9.19. The van der Waals surface area contributed by atoms with Gasteiger partial charge in [-0.05, 0) is 55.4 Å². The van der Waals surface area contributed by atoms with E-state index in [4.69, 9.17) is 16.2 Å². The van der Waals surface area contributed by atoms with Crippen molar-refractivity contribution in [1.29, 1.82) is 0 Å². The average Bonchev–Trinajstić information content (AvgIpc) is 2.55. The van der Waals surface area contributed by atoms with Crippen LogP contribution in [-0.4, -0.2) is 24.6 Å². The van der Waals surface area contributed by atoms with Gasteiger partial charge in [-0.25, -0.2) is 4.79 Å². The Morgan fingerprint density at radius 1 is 1.08 bits per heavy atom. The van der Waals surface area contributed by atoms with Crippen molar-refractivity contribution in [2.45, 2.75) is 62.4 Å². The number of hydrogen-bond acceptors (Lipinski definition) is 6. The van der Waals surface area contributed by atoms with E-state index in [-0.39, 0.29) is 18.1 Å². The van der Waals surface area contributed by atoms with Crippen LogP contribution < -0.4 is 11.5 Å². The molecule has 0 aliphatic carbocycles. The number of esters is 1. The number of rotatable bonds is 9. The minimum absolute atomic E-state index is 0.171. The summed E-state index contributed by atoms with van der Waals surface area (Å²) in [7, 11) is 1.41. The van der Waals surface area contributed by atoms with Crippen molar-refractivity contribution >= 4 is 29.5 Å². The van der Waals surface area contributed by atoms with E-state index < -0.39 is 0 Å². The molecule has 0 heterocycles. The van der Waals surface area contributed by atoms with E-state index in [9.17, 15) is 4.79 Å². The lowest BCUT2D eigenvalue weighted by atomic mass is 9.97. The summed E-state index contributed by atoms with van der Waals surface area (Å²) in [5.74, 6) is 1.60. The first-order valence-electron chi connectivity index (χ1n) is 8.44. The summed E-state index contributed by atoms with van der Waals surface area (Å²) in [5, 5.41) is 0. The fourth-order valence-corrected chi connectivity index (χ4v) is 4.91. The van der Waals surface area contributed by atoms with Crippen molar-refractivity contribution < 1.29 is 9.53 Å². The summed E-state index contributed by atoms with van der Waals surface area (Å²) < 4.78 is 5.01. The molecule has 0 radical (unpaired) electrons. The largest absolute Gasteiger partial charge is 0.465 e. The highest BCUT2D eigenvalue weighted by Gasteiger charge is 2.25. The summed E-state index contributed by atoms with van der Waals surface area (Å²) in [5.41, 5.74) is 15.1. The molecule has 4 nitrogen and oxygen atoms in total. The van der Waals surface area contributed by atoms with Gasteiger partial charge >= 0.3 is 5.97 Å². The number of nitrogens with two attached hydrogens (primary N) is 2. The molecular formula is C18H30N2O2S2. The highest BCUT2D eigenvalue weighted by molar-refractivity contribution is 8.00. The van der Waals surface area contributed by atoms with Crippen molar-refractivity contribution in [3.63, 3.8) is 0 Å². The van der Waals surface area contributed by atoms with Gasteiger partial charge in [0, 0.05) is 21.9 Å². The zero-order valence-electron chi connectivity index (χ0n) is 15.3. The van der Waals surface area contributed by atoms with Crippen LogP contribution in [0.1, 0.15) is 74.1 Å². The molecule has 0 aromatic heterocycles. The van der Waals surface area contributed by atoms with Crippen LogP contribution in [0.5, 0.6) is 0 Å². The summed E-state index contributed by atoms with van der Waals surface area (Å²) in [6.07, 6.45) is 2.09. The SMILES string of the molecule is CCCSc1c(C(=O)OC)cc(C(C)N)c(SCCC)c1C(C)N. The van der Waals surface area contributed by atoms with Gasteiger partial charge in [0.1, 0.15) is 0 Å². The molecule has 136 valence electrons. The monoisotopic (exact) mass is 370 g/mol. The van der Waals surface area contributed by atoms with Gasteiger partial charge in [-0.3, -0.25) is 0 Å². The van der Waals surface area contributed by atoms with Crippen LogP contribution in [-0.2, 0) is 4.74 Å². The van der Waals surface area contributed by atoms with Crippen molar-refractivity contribution in [1.82, 2.24) is 0 Å². The van der Waals surface area contributed by atoms with E-state index in [0.29, 0.717) is 5.56 Å². The van der Waals surface area contributed by atoms with E-state index in [1.165, 1.54) is 7.11 Å². The number of carbonyl (C=O) groups excluding carboxylic acids is 1. The molecule has 0 aliphatic rings. The molecule has 0 spiro atoms. The average molecular weight is 371 g/mol. The quantitative estimate of drug-likeness (QED) is 0.491. The first kappa shape index (κ1) is 21.4. The van der Waals surface area contributed by atoms with Crippen LogP contribution in [0.25, 0.3) is 0 Å². The van der Waals surface area contributed by atoms with Gasteiger partial charge in [0.15, 0.2) is 0 Å². The molecule has 1 rings (SSSR count). The van der Waals surface area contributed by atoms with Gasteiger partial charge in [-0.15, -0.1) is 23.5 Å². The standard InChI is InChI=1S/C18H30N2O2S2/c1-6-8-23-16-13(11(3)19)10-14(18(21)22-5)17(24-9-7-2)15(16)12(4)20/h10-12H,6-9,19-20H2,1-5H3. The van der Waals surface area contributed by atoms with Crippen LogP contribution in [0.4, 0.5) is 0 Å². The second kappa shape index (κ2) is 10.3. The molecule has 1 aromatic carbocycles. The summed E-state index contributed by atoms with van der Waals surface area (Å²) in [6, 6.07) is 1.56. The Bertz CT molecular complexity index is 560. The Hall–Kier alpha value is -0.690. The number of thioether (sulfide) groups is 2. The highest BCUT2D eigenvalue weighted by Crippen LogP contribution is 2.42. The maximum Gasteiger partial charge on any atom is 0.339 e. The Labute approximate surface area is 154 Å². The summed E-state index contributed by atoms with van der Waals surface area (Å²) >= 11 is 3.46. The normalized spacial score (nSPS) is 13.6. The number of ether oxygens (including phenoxy) is 1. The molecule has 0 saturated heterocycles. The number of methoxy groups -OCH3 is 1. The predicted molar refractivity (Wildman–Crippen MR) is 105 cm³/mol. The van der Waals surface area contributed by atoms with Crippen LogP contribution in [0.3, 0.4) is 0 Å². The Morgan fingerprint density at radius 3 is 2.04 bits per heavy atom. The fraction of sp³-hybridized carbons (Fsp3) is 0.611. The van der Waals surface area contributed by atoms with Crippen LogP contribution in [0.15, 0.2) is 15.9 Å². The molecule has 0 amide bonds. The molecule has 0 fully saturated rings. The lowest BCUT2D eigenvalue weighted by molar-refractivity contribution is 0.0596. The predicted octanol–water partition coefficient (Wildman–Crippen LogP) is 4.52. The van der Waals surface area contributed by atoms with Gasteiger partial charge in [-0.1, -0.05) is 13.8 Å². The third-order valence-electron chi connectivity index (χ3n) is 3.55. The second-order valence-corrected chi connectivity index (χ2v) is 8.06. The molecular weight excluding hydrogens is 340 g/mol. The Balaban J connectivity index is 3.68. The van der Waals surface area contributed by atoms with E-state index in [2.05, 4.69) is 13.8 Å². The zero-order chi connectivity index (χ0) is 18.3. The molecule has 24 heavy (non-hydrogen) atoms. The molecule has 6 heteroatoms. The van der Waals surface area contributed by atoms with Crippen LogP contribution in [0, 0.1) is 0 Å². The van der Waals surface area contributed by atoms with E-state index in [1.807, 2.05) is 19.9 Å². The lowest BCUT2D eigenvalue weighted by Crippen LogP contribution is -2.17. The fourth-order valence-electron chi connectivity index (χ4n) is 2.43. The summed E-state index contributed by atoms with van der Waals surface area (Å²) in [6.45, 7) is 8.18. The number of hydrogen-bond donors (Lipinski definition) is 2. The van der Waals surface area contributed by atoms with Gasteiger partial charge in [0.25, 0.3) is 0 Å². The van der Waals surface area contributed by atoms with Gasteiger partial charge in [-0.2, -0.15) is 0 Å². The van der Waals surface area contributed by atoms with Crippen molar-refractivity contribution in [3.8, 4) is 0 Å². The van der Waals surface area contributed by atoms with Gasteiger partial charge in [0.2, 0.25) is 0 Å². The summed E-state index contributed by atoms with van der Waals surface area (Å²) in [4.78, 5) is 14.4. The maximum atomic E-state index is 12.3. The van der Waals surface area contributed by atoms with Crippen molar-refractivity contribution in [2.75, 3.05) is 18.6 Å². The van der Waals surface area contributed by atoms with E-state index >= 15 is 0 Å². The zero-order valence-corrected chi connectivity index (χ0v) is 17.0. The second-order valence-electron chi connectivity index (χ2n) is 5.85. The molecule has 0 bridgehead atoms. The molecule has 2 unspecified atom stereocenters. The van der Waals surface area contributed by atoms with Gasteiger partial charge in [0.05, 0.1) is 12.7 Å². The highest BCUT2D eigenvalue weighted by atomic mass is 32.2. The van der Waals surface area contributed by atoms with Crippen molar-refractivity contribution in [3.05, 3.63) is 22.8 Å². The maximum absolute atomic E-state index is 12.3. The Morgan fingerprint density at radius 2 is 1.62 bits per heavy atom. The smallest absolute Gasteiger partial charge is 0.339 e. The molecule has 1 aromatic rings. The third-order valence-corrected chi connectivity index (χ3v) is 6.25. The van der Waals surface area contributed by atoms with E-state index in [1.54, 1.807) is 23.5 Å². The number of benzene rings is 1. The minimum atomic E-state index is -0.329. The molecule has 4 N–H and O–H groups in total. The van der Waals surface area contributed by atoms with Crippen molar-refractivity contribution in [2.24, 2.45) is 11.5 Å². The molecule has 0 aliphatic heterocycles. The number of carbonyl (C=O) groups is 1. The minimum Gasteiger partial charge on any atom is -0.465 e. The molecule has 2 atom stereocenters. The lowest BCUT2D eigenvalue weighted by Gasteiger charge is -2.24. The first-order valence-corrected chi connectivity index (χ1v) is 10.4. The topological polar surface area (TPSA) is 78.3 Å². The first-order chi connectivity index (χ1) is 11.4. The van der Waals surface area contributed by atoms with Crippen LogP contribution in [0.2, 0.25) is 0 Å². The molecule has 0 saturated carbocycles. The van der Waals surface area contributed by atoms with E-state index in [0.717, 1.165) is 45.3 Å². The van der Waals surface area contributed by atoms with Crippen LogP contribution >= 0.6 is 23.5 Å². The third kappa shape index (κ3) is 5.15. The van der Waals surface area contributed by atoms with Gasteiger partial charge < -0.3 is 16.2 Å².